The summed E-state index contributed by atoms with van der Waals surface area (Å²) in [6, 6.07) is 20.8. The summed E-state index contributed by atoms with van der Waals surface area (Å²) in [5, 5.41) is 0. The zero-order valence-electron chi connectivity index (χ0n) is 12.2. The highest BCUT2D eigenvalue weighted by Crippen LogP contribution is 2.38. The summed E-state index contributed by atoms with van der Waals surface area (Å²) in [6.07, 6.45) is 0.917. The monoisotopic (exact) mass is 316 g/mol. The Morgan fingerprint density at radius 3 is 2.52 bits per heavy atom. The zero-order valence-corrected chi connectivity index (χ0v) is 13.0. The molecule has 1 aliphatic rings. The highest BCUT2D eigenvalue weighted by Gasteiger charge is 2.17. The molecule has 3 nitrogen and oxygen atoms in total. The lowest BCUT2D eigenvalue weighted by Crippen LogP contribution is -2.02. The first kappa shape index (κ1) is 12.8. The van der Waals surface area contributed by atoms with E-state index in [2.05, 4.69) is 51.2 Å². The molecule has 0 saturated heterocycles. The predicted molar refractivity (Wildman–Crippen MR) is 92.2 cm³/mol. The first-order chi connectivity index (χ1) is 11.4. The Balaban J connectivity index is 1.59. The van der Waals surface area contributed by atoms with Gasteiger partial charge >= 0.3 is 0 Å². The van der Waals surface area contributed by atoms with Crippen molar-refractivity contribution in [1.29, 1.82) is 0 Å². The maximum absolute atomic E-state index is 6.09. The van der Waals surface area contributed by atoms with Gasteiger partial charge in [-0.05, 0) is 46.5 Å². The summed E-state index contributed by atoms with van der Waals surface area (Å²) in [7, 11) is 0. The van der Waals surface area contributed by atoms with Crippen molar-refractivity contribution in [3.05, 3.63) is 71.8 Å². The smallest absolute Gasteiger partial charge is 0.131 e. The summed E-state index contributed by atoms with van der Waals surface area (Å²) >= 11 is 1.25. The van der Waals surface area contributed by atoms with Crippen LogP contribution in [0.1, 0.15) is 11.1 Å². The van der Waals surface area contributed by atoms with Crippen LogP contribution in [0.4, 0.5) is 0 Å². The van der Waals surface area contributed by atoms with Crippen LogP contribution in [0.5, 0.6) is 11.5 Å². The second-order valence-electron chi connectivity index (χ2n) is 5.68. The molecule has 3 aromatic carbocycles. The van der Waals surface area contributed by atoms with Gasteiger partial charge in [-0.3, -0.25) is 0 Å². The van der Waals surface area contributed by atoms with Crippen molar-refractivity contribution >= 4 is 22.8 Å². The summed E-state index contributed by atoms with van der Waals surface area (Å²) in [5.74, 6) is 1.90. The molecule has 1 aliphatic heterocycles. The van der Waals surface area contributed by atoms with E-state index in [9.17, 15) is 0 Å². The number of hydrogen-bond acceptors (Lipinski definition) is 4. The van der Waals surface area contributed by atoms with E-state index >= 15 is 0 Å². The molecule has 2 heterocycles. The molecule has 0 unspecified atom stereocenters. The fraction of sp³-hybridized carbons (Fsp3) is 0.0526. The van der Waals surface area contributed by atoms with Crippen molar-refractivity contribution in [3.63, 3.8) is 0 Å². The number of aromatic nitrogens is 2. The molecule has 0 spiro atoms. The van der Waals surface area contributed by atoms with Crippen LogP contribution in [0, 0.1) is 0 Å². The van der Waals surface area contributed by atoms with Crippen LogP contribution in [0.2, 0.25) is 0 Å². The van der Waals surface area contributed by atoms with Gasteiger partial charge in [-0.25, -0.2) is 0 Å². The highest BCUT2D eigenvalue weighted by atomic mass is 32.1. The Bertz CT molecular complexity index is 1040. The van der Waals surface area contributed by atoms with E-state index in [0.717, 1.165) is 40.1 Å². The number of fused-ring (bicyclic) bond motifs is 3. The third-order valence-electron chi connectivity index (χ3n) is 4.23. The van der Waals surface area contributed by atoms with Gasteiger partial charge < -0.3 is 4.74 Å². The van der Waals surface area contributed by atoms with E-state index in [-0.39, 0.29) is 0 Å². The van der Waals surface area contributed by atoms with Crippen molar-refractivity contribution < 1.29 is 4.74 Å². The van der Waals surface area contributed by atoms with Crippen LogP contribution >= 0.6 is 11.7 Å². The normalized spacial score (nSPS) is 12.5. The molecule has 0 aliphatic carbocycles. The van der Waals surface area contributed by atoms with Crippen molar-refractivity contribution in [2.24, 2.45) is 0 Å². The largest absolute Gasteiger partial charge is 0.457 e. The predicted octanol–water partition coefficient (Wildman–Crippen LogP) is 5.05. The fourth-order valence-electron chi connectivity index (χ4n) is 3.01. The molecule has 4 aromatic rings. The minimum absolute atomic E-state index is 0.917. The summed E-state index contributed by atoms with van der Waals surface area (Å²) in [5.41, 5.74) is 6.62. The highest BCUT2D eigenvalue weighted by molar-refractivity contribution is 7.00. The molecular formula is C19H12N2OS. The van der Waals surface area contributed by atoms with Gasteiger partial charge in [-0.15, -0.1) is 0 Å². The number of para-hydroxylation sites is 1. The van der Waals surface area contributed by atoms with Gasteiger partial charge in [0.2, 0.25) is 0 Å². The number of benzene rings is 3. The third kappa shape index (κ3) is 2.11. The van der Waals surface area contributed by atoms with Crippen molar-refractivity contribution in [1.82, 2.24) is 8.75 Å². The summed E-state index contributed by atoms with van der Waals surface area (Å²) in [6.45, 7) is 0. The Morgan fingerprint density at radius 1 is 0.739 bits per heavy atom. The Hall–Kier alpha value is -2.72. The Morgan fingerprint density at radius 2 is 1.52 bits per heavy atom. The number of nitrogens with zero attached hydrogens (tertiary/aromatic N) is 2. The second-order valence-corrected chi connectivity index (χ2v) is 6.21. The van der Waals surface area contributed by atoms with Gasteiger partial charge in [0.05, 0.1) is 11.7 Å². The van der Waals surface area contributed by atoms with E-state index in [1.165, 1.54) is 22.9 Å². The van der Waals surface area contributed by atoms with Crippen LogP contribution in [0.25, 0.3) is 22.2 Å². The first-order valence-corrected chi connectivity index (χ1v) is 8.21. The van der Waals surface area contributed by atoms with E-state index in [1.54, 1.807) is 0 Å². The van der Waals surface area contributed by atoms with E-state index in [4.69, 9.17) is 4.74 Å². The third-order valence-corrected chi connectivity index (χ3v) is 4.78. The van der Waals surface area contributed by atoms with Crippen LogP contribution in [-0.2, 0) is 6.42 Å². The molecule has 0 N–H and O–H groups in total. The van der Waals surface area contributed by atoms with E-state index in [0.29, 0.717) is 0 Å². The molecule has 5 rings (SSSR count). The lowest BCUT2D eigenvalue weighted by atomic mass is 9.97. The zero-order chi connectivity index (χ0) is 15.2. The number of ether oxygens (including phenoxy) is 1. The molecular weight excluding hydrogens is 304 g/mol. The average Bonchev–Trinajstić information content (AvgIpc) is 3.07. The maximum atomic E-state index is 6.09. The molecule has 1 aromatic heterocycles. The van der Waals surface area contributed by atoms with Gasteiger partial charge in [0, 0.05) is 6.42 Å². The summed E-state index contributed by atoms with van der Waals surface area (Å²) < 4.78 is 14.7. The Kier molecular flexibility index (Phi) is 2.72. The molecule has 0 bridgehead atoms. The number of rotatable bonds is 1. The first-order valence-electron chi connectivity index (χ1n) is 7.48. The average molecular weight is 316 g/mol. The lowest BCUT2D eigenvalue weighted by Gasteiger charge is -2.20. The maximum Gasteiger partial charge on any atom is 0.131 e. The summed E-state index contributed by atoms with van der Waals surface area (Å²) in [4.78, 5) is 0. The molecule has 110 valence electrons. The molecule has 0 fully saturated rings. The van der Waals surface area contributed by atoms with Gasteiger partial charge in [-0.2, -0.15) is 8.75 Å². The van der Waals surface area contributed by atoms with E-state index in [1.807, 2.05) is 18.2 Å². The van der Waals surface area contributed by atoms with Gasteiger partial charge in [-0.1, -0.05) is 36.4 Å². The number of hydrogen-bond donors (Lipinski definition) is 0. The second kappa shape index (κ2) is 4.89. The van der Waals surface area contributed by atoms with Crippen molar-refractivity contribution in [2.45, 2.75) is 6.42 Å². The minimum Gasteiger partial charge on any atom is -0.457 e. The standard InChI is InChI=1S/C19H12N2OS/c1-2-4-18-14(3-1)9-15-6-5-13(11-19(15)22-18)12-7-8-16-17(10-12)21-23-20-16/h1-8,10-11H,9H2. The topological polar surface area (TPSA) is 35.0 Å². The quantitative estimate of drug-likeness (QED) is 0.434. The molecule has 0 radical (unpaired) electrons. The van der Waals surface area contributed by atoms with Crippen LogP contribution in [-0.4, -0.2) is 8.75 Å². The lowest BCUT2D eigenvalue weighted by molar-refractivity contribution is 0.460. The van der Waals surface area contributed by atoms with Crippen molar-refractivity contribution in [3.8, 4) is 22.6 Å². The Labute approximate surface area is 137 Å². The van der Waals surface area contributed by atoms with Gasteiger partial charge in [0.15, 0.2) is 0 Å². The molecule has 23 heavy (non-hydrogen) atoms. The molecule has 0 amide bonds. The van der Waals surface area contributed by atoms with Crippen LogP contribution < -0.4 is 4.74 Å². The SMILES string of the molecule is c1ccc2c(c1)Cc1ccc(-c3ccc4nsnc4c3)cc1O2. The van der Waals surface area contributed by atoms with Gasteiger partial charge in [0.25, 0.3) is 0 Å². The van der Waals surface area contributed by atoms with Crippen LogP contribution in [0.3, 0.4) is 0 Å². The molecule has 0 saturated carbocycles. The molecule has 0 atom stereocenters. The van der Waals surface area contributed by atoms with E-state index < -0.39 is 0 Å². The fourth-order valence-corrected chi connectivity index (χ4v) is 3.53. The van der Waals surface area contributed by atoms with Crippen molar-refractivity contribution in [2.75, 3.05) is 0 Å². The minimum atomic E-state index is 0.917. The molecule has 4 heteroatoms. The van der Waals surface area contributed by atoms with Crippen LogP contribution in [0.15, 0.2) is 60.7 Å². The van der Waals surface area contributed by atoms with Gasteiger partial charge in [0.1, 0.15) is 22.5 Å².